The van der Waals surface area contributed by atoms with Crippen LogP contribution in [0.5, 0.6) is 11.5 Å². The fraction of sp³-hybridized carbons (Fsp3) is 0.654. The van der Waals surface area contributed by atoms with E-state index in [1.165, 1.54) is 84.5 Å². The molecule has 23 nitrogen and oxygen atoms in total. The van der Waals surface area contributed by atoms with Crippen LogP contribution in [0.3, 0.4) is 0 Å². The molecule has 1 N–H and O–H groups in total. The second-order valence-electron chi connectivity index (χ2n) is 36.8. The fourth-order valence-electron chi connectivity index (χ4n) is 21.1. The number of esters is 1. The van der Waals surface area contributed by atoms with Crippen molar-refractivity contribution in [2.75, 3.05) is 134 Å². The Balaban J connectivity index is 0.000000138. The number of nitrogens with one attached hydrogen (secondary N) is 1. The molecule has 16 bridgehead atoms. The Morgan fingerprint density at radius 2 is 0.850 bits per heavy atom. The van der Waals surface area contributed by atoms with Crippen LogP contribution in [0.25, 0.3) is 0 Å². The van der Waals surface area contributed by atoms with E-state index in [0.717, 1.165) is 132 Å². The summed E-state index contributed by atoms with van der Waals surface area (Å²) in [7, 11) is 21.8. The number of ketones is 2. The van der Waals surface area contributed by atoms with E-state index in [0.29, 0.717) is 77.0 Å². The van der Waals surface area contributed by atoms with Crippen molar-refractivity contribution in [1.29, 1.82) is 0 Å². The fourth-order valence-corrected chi connectivity index (χ4v) is 21.1. The molecule has 8 heterocycles. The van der Waals surface area contributed by atoms with Gasteiger partial charge in [-0.15, -0.1) is 0 Å². The molecule has 0 spiro atoms. The minimum absolute atomic E-state index is 0.109. The van der Waals surface area contributed by atoms with Gasteiger partial charge in [0.1, 0.15) is 63.1 Å². The van der Waals surface area contributed by atoms with E-state index >= 15 is 0 Å². The summed E-state index contributed by atoms with van der Waals surface area (Å²) in [4.78, 5) is 117. The van der Waals surface area contributed by atoms with Crippen molar-refractivity contribution in [2.24, 2.45) is 45.3 Å². The maximum absolute atomic E-state index is 12.4. The number of hydrogen-bond donors (Lipinski definition) is 1. The van der Waals surface area contributed by atoms with Crippen molar-refractivity contribution in [3.05, 3.63) is 89.5 Å². The molecule has 8 aliphatic heterocycles. The van der Waals surface area contributed by atoms with Gasteiger partial charge in [-0.05, 0) is 224 Å². The second-order valence-corrected chi connectivity index (χ2v) is 36.8. The van der Waals surface area contributed by atoms with Gasteiger partial charge in [0.05, 0.1) is 63.5 Å². The molecule has 6 radical (unpaired) electrons. The number of carbonyl (C=O) groups excluding carboxylic acids is 9. The molecule has 8 saturated heterocycles. The van der Waals surface area contributed by atoms with Gasteiger partial charge in [0.2, 0.25) is 14.6 Å². The minimum Gasteiger partial charge on any atom is -0.462 e. The lowest BCUT2D eigenvalue weighted by Gasteiger charge is -2.65. The van der Waals surface area contributed by atoms with Crippen molar-refractivity contribution in [1.82, 2.24) is 29.4 Å². The van der Waals surface area contributed by atoms with E-state index in [4.69, 9.17) is 14.2 Å². The lowest BCUT2D eigenvalue weighted by atomic mass is 9.37. The molecule has 16 aliphatic rings. The highest BCUT2D eigenvalue weighted by molar-refractivity contribution is 6.74. The van der Waals surface area contributed by atoms with Crippen LogP contribution in [0.1, 0.15) is 154 Å². The lowest BCUT2D eigenvalue weighted by Crippen LogP contribution is -2.80. The Bertz CT molecular complexity index is 3560. The summed E-state index contributed by atoms with van der Waals surface area (Å²) in [5.74, 6) is 3.95. The Labute approximate surface area is 641 Å². The lowest BCUT2D eigenvalue weighted by molar-refractivity contribution is -0.886. The van der Waals surface area contributed by atoms with Crippen LogP contribution >= 0.6 is 0 Å². The summed E-state index contributed by atoms with van der Waals surface area (Å²) in [5.41, 5.74) is 5.87. The number of rotatable bonds is 23. The molecule has 2 unspecified atom stereocenters. The summed E-state index contributed by atoms with van der Waals surface area (Å²) in [5, 5.41) is 2.73. The molecule has 19 rings (SSSR count). The summed E-state index contributed by atoms with van der Waals surface area (Å²) in [6, 6.07) is 20.7. The highest BCUT2D eigenvalue weighted by Gasteiger charge is 2.60. The van der Waals surface area contributed by atoms with E-state index < -0.39 is 0 Å². The standard InChI is InChI=1S/C16H21BN4O3.C15H24BO.C13H19BN2O3.C13H18BNO3.C13H20BO.C8H15BN4O/c1-13(22)6-14-2-4-15(5-3-14)24-16(23)17-21-10-18-7-19(11-21)9-20(8-18)12-21;1-11(17)16-10-15-6-12-4-13(2,8-15)7-14(3,5-12)9-15;1-5-19-12(17)10-6-8-11(9-7-10)15-13(18)14-16(2,3)4;1-10(16)9-11-5-7-12(8-6-11)18-13(17)14-15(2,3)4;1-9(15)14-8-13-5-10-2-11(6-13)4-12(3-10)7-13;1-8(14)9-13-5-10-2-11(6-13)4-12(3-10)7-13/h2-5H,6-12H2,1H3;12H,4-10H2,1-3H3;6-9H,5H2,1-4H3,(H,15,18);5-8H,9H2,1-4H3;10-12H,2-8H2,1H3;2-7H2,1H3/q+1;;2*+1;;+1. The molecule has 16 fully saturated rings. The van der Waals surface area contributed by atoms with Crippen LogP contribution in [0.4, 0.5) is 20.1 Å². The van der Waals surface area contributed by atoms with E-state index in [2.05, 4.69) is 48.6 Å². The molecular weight excluding hydrogens is 1350 g/mol. The summed E-state index contributed by atoms with van der Waals surface area (Å²) in [6.45, 7) is 27.0. The summed E-state index contributed by atoms with van der Waals surface area (Å²) < 4.78 is 17.8. The van der Waals surface area contributed by atoms with Crippen molar-refractivity contribution in [3.63, 3.8) is 0 Å². The first kappa shape index (κ1) is 83.4. The first-order chi connectivity index (χ1) is 50.2. The molecule has 8 aliphatic carbocycles. The van der Waals surface area contributed by atoms with E-state index in [1.54, 1.807) is 117 Å². The molecule has 107 heavy (non-hydrogen) atoms. The third-order valence-corrected chi connectivity index (χ3v) is 22.5. The maximum Gasteiger partial charge on any atom is 0.583 e. The molecule has 8 saturated carbocycles. The van der Waals surface area contributed by atoms with Crippen molar-refractivity contribution in [3.8, 4) is 11.5 Å². The molecule has 29 heteroatoms. The number of hydrogen-bond acceptors (Lipinski definition) is 18. The molecule has 3 aromatic rings. The topological polar surface area (TPSA) is 213 Å². The Morgan fingerprint density at radius 3 is 1.21 bits per heavy atom. The quantitative estimate of drug-likeness (QED) is 0.0693. The number of anilines is 1. The van der Waals surface area contributed by atoms with Crippen LogP contribution in [0.2, 0.25) is 12.6 Å². The summed E-state index contributed by atoms with van der Waals surface area (Å²) in [6.07, 6.45) is 20.1. The smallest absolute Gasteiger partial charge is 0.462 e. The normalized spacial score (nSPS) is 32.4. The van der Waals surface area contributed by atoms with Crippen LogP contribution in [0, 0.1) is 45.3 Å². The number of ether oxygens (including phenoxy) is 3. The Morgan fingerprint density at radius 1 is 0.467 bits per heavy atom. The van der Waals surface area contributed by atoms with Crippen LogP contribution in [0.15, 0.2) is 72.8 Å². The van der Waals surface area contributed by atoms with Crippen molar-refractivity contribution >= 4 is 102 Å². The number of carbonyl (C=O) groups is 9. The van der Waals surface area contributed by atoms with Gasteiger partial charge >= 0.3 is 47.4 Å². The Hall–Kier alpha value is -6.12. The predicted molar refractivity (Wildman–Crippen MR) is 418 cm³/mol. The van der Waals surface area contributed by atoms with E-state index in [9.17, 15) is 43.2 Å². The van der Waals surface area contributed by atoms with Gasteiger partial charge in [-0.3, -0.25) is 24.0 Å². The van der Waals surface area contributed by atoms with Gasteiger partial charge in [-0.25, -0.2) is 34.2 Å². The third-order valence-electron chi connectivity index (χ3n) is 22.5. The van der Waals surface area contributed by atoms with Crippen molar-refractivity contribution < 1.29 is 74.9 Å². The van der Waals surface area contributed by atoms with Crippen LogP contribution in [-0.2, 0) is 41.6 Å². The Kier molecular flexibility index (Phi) is 27.0. The third kappa shape index (κ3) is 24.7. The van der Waals surface area contributed by atoms with Gasteiger partial charge in [0, 0.05) is 60.8 Å². The van der Waals surface area contributed by atoms with E-state index in [1.807, 2.05) is 76.4 Å². The average molecular weight is 1470 g/mol. The van der Waals surface area contributed by atoms with Crippen LogP contribution in [-0.4, -0.2) is 272 Å². The van der Waals surface area contributed by atoms with Crippen molar-refractivity contribution in [2.45, 2.75) is 158 Å². The number of nitrogens with zero attached hydrogens (tertiary/aromatic N) is 10. The maximum atomic E-state index is 12.4. The first-order valence-corrected chi connectivity index (χ1v) is 38.7. The number of benzene rings is 3. The zero-order valence-corrected chi connectivity index (χ0v) is 66.6. The molecule has 0 aromatic heterocycles. The molecule has 2 atom stereocenters. The number of Topliss-reactive ketones (excluding diaryl/α,β-unsaturated/α-hetero) is 2. The highest BCUT2D eigenvalue weighted by Crippen LogP contribution is 2.70. The monoisotopic (exact) mass is 1470 g/mol. The number of quaternary nitrogens is 4. The molecule has 1 amide bonds. The largest absolute Gasteiger partial charge is 0.583 e. The number of amides is 1. The highest BCUT2D eigenvalue weighted by atomic mass is 16.5. The van der Waals surface area contributed by atoms with Gasteiger partial charge in [0.25, 0.3) is 5.81 Å². The molecule has 570 valence electrons. The molecular formula is C78H117B6N11O12+4. The van der Waals surface area contributed by atoms with E-state index in [-0.39, 0.29) is 52.1 Å². The average Bonchev–Trinajstić information content (AvgIpc) is 0.717. The minimum atomic E-state index is -0.387. The predicted octanol–water partition coefficient (Wildman–Crippen LogP) is 8.99. The summed E-state index contributed by atoms with van der Waals surface area (Å²) >= 11 is 0. The second kappa shape index (κ2) is 34.6. The zero-order chi connectivity index (χ0) is 77.5. The first-order valence-electron chi connectivity index (χ1n) is 38.7. The van der Waals surface area contributed by atoms with Gasteiger partial charge in [-0.1, -0.05) is 50.8 Å². The van der Waals surface area contributed by atoms with Crippen LogP contribution < -0.4 is 14.8 Å². The zero-order valence-electron chi connectivity index (χ0n) is 66.6. The van der Waals surface area contributed by atoms with Gasteiger partial charge in [0.15, 0.2) is 5.68 Å². The molecule has 3 aromatic carbocycles. The van der Waals surface area contributed by atoms with Gasteiger partial charge in [-0.2, -0.15) is 0 Å². The van der Waals surface area contributed by atoms with Gasteiger partial charge < -0.3 is 51.5 Å². The SMILES string of the molecule is CC(=O)Cc1ccc(OC(=O)[B][N+](C)(C)C)cc1.CC(=O)Cc1ccc(OC(=O)[B][N+]23CN4CN(CN(C4)C2)C3)cc1.CC(=O)[B]CC12CC3CC(C)(CC(C)(C3)C1)C2.CC(=O)[B]CC12CC3CC(CC(C3)C1)C2.CC(=O)[B][N+]12CN3CN(CN(C3)C1)C2.CCOC(=O)c1ccc(NC(=O)[B][N+](C)(C)C)cc1.